The molecule has 176 valence electrons. The van der Waals surface area contributed by atoms with E-state index in [4.69, 9.17) is 13.7 Å². The van der Waals surface area contributed by atoms with E-state index in [0.29, 0.717) is 12.8 Å². The van der Waals surface area contributed by atoms with E-state index in [2.05, 4.69) is 0 Å². The molecule has 1 aliphatic carbocycles. The first kappa shape index (κ1) is 24.3. The van der Waals surface area contributed by atoms with Gasteiger partial charge >= 0.3 is 23.9 Å². The maximum atomic E-state index is 12.7. The summed E-state index contributed by atoms with van der Waals surface area (Å²) in [6.07, 6.45) is 3.51. The highest BCUT2D eigenvalue weighted by atomic mass is 32.2. The Morgan fingerprint density at radius 2 is 1.44 bits per heavy atom. The van der Waals surface area contributed by atoms with Crippen LogP contribution in [-0.4, -0.2) is 44.7 Å². The van der Waals surface area contributed by atoms with Gasteiger partial charge in [-0.15, -0.1) is 0 Å². The zero-order valence-electron chi connectivity index (χ0n) is 18.5. The fraction of sp³-hybridized carbons (Fsp3) is 0.636. The van der Waals surface area contributed by atoms with Crippen LogP contribution in [0.25, 0.3) is 0 Å². The van der Waals surface area contributed by atoms with E-state index >= 15 is 0 Å². The number of rotatable bonds is 9. The second kappa shape index (κ2) is 9.66. The van der Waals surface area contributed by atoms with E-state index in [-0.39, 0.29) is 41.6 Å². The number of hydrogen-bond acceptors (Lipinski definition) is 9. The van der Waals surface area contributed by atoms with Crippen LogP contribution in [0.5, 0.6) is 0 Å². The second-order valence-electron chi connectivity index (χ2n) is 8.47. The van der Waals surface area contributed by atoms with Crippen molar-refractivity contribution in [3.63, 3.8) is 0 Å². The molecule has 0 spiro atoms. The minimum Gasteiger partial charge on any atom is -0.386 e. The summed E-state index contributed by atoms with van der Waals surface area (Å²) >= 11 is 0. The van der Waals surface area contributed by atoms with Gasteiger partial charge in [-0.3, -0.25) is 4.18 Å². The molecule has 2 heterocycles. The van der Waals surface area contributed by atoms with Crippen molar-refractivity contribution in [3.8, 4) is 0 Å². The van der Waals surface area contributed by atoms with Crippen molar-refractivity contribution >= 4 is 34.0 Å². The Kier molecular flexibility index (Phi) is 7.34. The van der Waals surface area contributed by atoms with E-state index in [1.165, 1.54) is 0 Å². The van der Waals surface area contributed by atoms with Crippen LogP contribution >= 0.6 is 0 Å². The minimum absolute atomic E-state index is 0.0387. The summed E-state index contributed by atoms with van der Waals surface area (Å²) in [5.41, 5.74) is 0.498. The lowest BCUT2D eigenvalue weighted by molar-refractivity contribution is -0.153. The van der Waals surface area contributed by atoms with Gasteiger partial charge < -0.3 is 9.47 Å². The van der Waals surface area contributed by atoms with E-state index in [0.717, 1.165) is 25.5 Å². The number of hydrogen-bond donors (Lipinski definition) is 0. The van der Waals surface area contributed by atoms with Gasteiger partial charge in [0.15, 0.2) is 0 Å². The molecule has 2 aliphatic heterocycles. The van der Waals surface area contributed by atoms with Gasteiger partial charge in [0.05, 0.1) is 23.5 Å². The first-order valence-corrected chi connectivity index (χ1v) is 12.8. The summed E-state index contributed by atoms with van der Waals surface area (Å²) in [6.45, 7) is 3.89. The second-order valence-corrected chi connectivity index (χ2v) is 10.1. The third-order valence-electron chi connectivity index (χ3n) is 6.10. The Bertz CT molecular complexity index is 1000. The summed E-state index contributed by atoms with van der Waals surface area (Å²) in [5.74, 6) is -4.62. The molecule has 0 N–H and O–H groups in total. The molecule has 0 aromatic rings. The average Bonchev–Trinajstić information content (AvgIpc) is 3.11. The lowest BCUT2D eigenvalue weighted by atomic mass is 9.75. The van der Waals surface area contributed by atoms with Crippen molar-refractivity contribution in [3.05, 3.63) is 22.3 Å². The fourth-order valence-corrected chi connectivity index (χ4v) is 5.35. The average molecular weight is 469 g/mol. The highest BCUT2D eigenvalue weighted by Crippen LogP contribution is 2.44. The minimum atomic E-state index is -3.91. The van der Waals surface area contributed by atoms with Crippen molar-refractivity contribution in [1.82, 2.24) is 0 Å². The van der Waals surface area contributed by atoms with E-state index in [1.807, 2.05) is 13.8 Å². The van der Waals surface area contributed by atoms with Gasteiger partial charge in [0.2, 0.25) is 0 Å². The zero-order valence-corrected chi connectivity index (χ0v) is 19.3. The summed E-state index contributed by atoms with van der Waals surface area (Å²) in [4.78, 5) is 50.3. The standard InChI is InChI=1S/C22H28O9S/c1-4-6-8-12-10-14-18(22(26)30-19(14)23)13(11-15-17(12)21(25)29-20(15)24)16(9-7-5-2)31-32(3,27)28/h12-13,16H,4-11H2,1-3H3. The molecule has 0 aromatic heterocycles. The summed E-state index contributed by atoms with van der Waals surface area (Å²) in [7, 11) is -3.91. The van der Waals surface area contributed by atoms with Crippen molar-refractivity contribution in [1.29, 1.82) is 0 Å². The SMILES string of the molecule is CCCCC1CC2=C(C(=O)OC2=O)C(C(CCCC)OS(C)(=O)=O)CC2=C1C(=O)OC2=O. The van der Waals surface area contributed by atoms with Gasteiger partial charge in [-0.25, -0.2) is 19.2 Å². The van der Waals surface area contributed by atoms with Gasteiger partial charge in [0, 0.05) is 17.1 Å². The third-order valence-corrected chi connectivity index (χ3v) is 6.70. The molecular formula is C22H28O9S. The largest absolute Gasteiger partial charge is 0.386 e. The third kappa shape index (κ3) is 5.01. The molecule has 3 atom stereocenters. The van der Waals surface area contributed by atoms with Crippen molar-refractivity contribution < 1.29 is 41.3 Å². The normalized spacial score (nSPS) is 24.7. The van der Waals surface area contributed by atoms with Crippen molar-refractivity contribution in [2.75, 3.05) is 6.26 Å². The smallest absolute Gasteiger partial charge is 0.342 e. The Labute approximate surface area is 187 Å². The van der Waals surface area contributed by atoms with Crippen LogP contribution in [0.4, 0.5) is 0 Å². The van der Waals surface area contributed by atoms with Gasteiger partial charge in [0.25, 0.3) is 10.1 Å². The van der Waals surface area contributed by atoms with Crippen LogP contribution < -0.4 is 0 Å². The molecular weight excluding hydrogens is 440 g/mol. The van der Waals surface area contributed by atoms with Crippen LogP contribution in [0.15, 0.2) is 22.3 Å². The first-order valence-electron chi connectivity index (χ1n) is 10.9. The zero-order chi connectivity index (χ0) is 23.6. The van der Waals surface area contributed by atoms with Gasteiger partial charge in [-0.1, -0.05) is 39.5 Å². The topological polar surface area (TPSA) is 130 Å². The quantitative estimate of drug-likeness (QED) is 0.284. The van der Waals surface area contributed by atoms with Gasteiger partial charge in [-0.2, -0.15) is 8.42 Å². The van der Waals surface area contributed by atoms with Crippen LogP contribution in [-0.2, 0) is 43.0 Å². The number of ether oxygens (including phenoxy) is 2. The Balaban J connectivity index is 2.15. The molecule has 0 saturated heterocycles. The fourth-order valence-electron chi connectivity index (χ4n) is 4.67. The molecule has 0 fully saturated rings. The Hall–Kier alpha value is -2.33. The van der Waals surface area contributed by atoms with Gasteiger partial charge in [-0.05, 0) is 31.6 Å². The number of carbonyl (C=O) groups is 4. The molecule has 32 heavy (non-hydrogen) atoms. The highest BCUT2D eigenvalue weighted by Gasteiger charge is 2.48. The van der Waals surface area contributed by atoms with E-state index in [1.54, 1.807) is 0 Å². The first-order chi connectivity index (χ1) is 15.1. The maximum Gasteiger partial charge on any atom is 0.342 e. The predicted octanol–water partition coefficient (Wildman–Crippen LogP) is 2.50. The molecule has 0 amide bonds. The molecule has 3 unspecified atom stereocenters. The molecule has 3 rings (SSSR count). The molecule has 9 nitrogen and oxygen atoms in total. The van der Waals surface area contributed by atoms with Crippen molar-refractivity contribution in [2.24, 2.45) is 11.8 Å². The summed E-state index contributed by atoms with van der Waals surface area (Å²) in [6, 6.07) is 0. The van der Waals surface area contributed by atoms with Crippen LogP contribution in [0.3, 0.4) is 0 Å². The molecule has 0 aromatic carbocycles. The van der Waals surface area contributed by atoms with Crippen LogP contribution in [0, 0.1) is 11.8 Å². The van der Waals surface area contributed by atoms with E-state index < -0.39 is 51.9 Å². The number of cyclic esters (lactones) is 4. The number of carbonyl (C=O) groups excluding carboxylic acids is 4. The Morgan fingerprint density at radius 3 is 2.00 bits per heavy atom. The molecule has 10 heteroatoms. The maximum absolute atomic E-state index is 12.7. The summed E-state index contributed by atoms with van der Waals surface area (Å²) < 4.78 is 39.0. The lowest BCUT2D eigenvalue weighted by Gasteiger charge is -2.29. The number of unbranched alkanes of at least 4 members (excludes halogenated alkanes) is 2. The Morgan fingerprint density at radius 1 is 0.875 bits per heavy atom. The molecule has 0 radical (unpaired) electrons. The molecule has 0 saturated carbocycles. The van der Waals surface area contributed by atoms with Crippen molar-refractivity contribution in [2.45, 2.75) is 71.3 Å². The molecule has 0 bridgehead atoms. The van der Waals surface area contributed by atoms with Gasteiger partial charge in [0.1, 0.15) is 0 Å². The lowest BCUT2D eigenvalue weighted by Crippen LogP contribution is -2.32. The molecule has 3 aliphatic rings. The highest BCUT2D eigenvalue weighted by molar-refractivity contribution is 7.86. The predicted molar refractivity (Wildman–Crippen MR) is 111 cm³/mol. The summed E-state index contributed by atoms with van der Waals surface area (Å²) in [5, 5.41) is 0. The monoisotopic (exact) mass is 468 g/mol. The van der Waals surface area contributed by atoms with E-state index in [9.17, 15) is 27.6 Å². The van der Waals surface area contributed by atoms with Crippen LogP contribution in [0.1, 0.15) is 65.2 Å². The number of esters is 4. The van der Waals surface area contributed by atoms with Crippen LogP contribution in [0.2, 0.25) is 0 Å².